The molecule has 5 nitrogen and oxygen atoms in total. The van der Waals surface area contributed by atoms with Gasteiger partial charge in [0.15, 0.2) is 0 Å². The van der Waals surface area contributed by atoms with E-state index in [4.69, 9.17) is 4.42 Å². The summed E-state index contributed by atoms with van der Waals surface area (Å²) in [7, 11) is 0. The number of rotatable bonds is 5. The van der Waals surface area contributed by atoms with Crippen LogP contribution in [0.3, 0.4) is 0 Å². The van der Waals surface area contributed by atoms with Gasteiger partial charge in [0.25, 0.3) is 0 Å². The Kier molecular flexibility index (Phi) is 3.16. The van der Waals surface area contributed by atoms with E-state index in [-0.39, 0.29) is 11.8 Å². The quantitative estimate of drug-likeness (QED) is 0.867. The molecule has 0 spiro atoms. The van der Waals surface area contributed by atoms with Crippen molar-refractivity contribution in [1.29, 1.82) is 0 Å². The number of hydrogen-bond acceptors (Lipinski definition) is 5. The summed E-state index contributed by atoms with van der Waals surface area (Å²) in [6, 6.07) is 5.53. The highest BCUT2D eigenvalue weighted by Gasteiger charge is 2.21. The van der Waals surface area contributed by atoms with Crippen LogP contribution in [0.1, 0.15) is 24.3 Å². The number of anilines is 2. The predicted octanol–water partition coefficient (Wildman–Crippen LogP) is 2.51. The third-order valence-electron chi connectivity index (χ3n) is 2.88. The van der Waals surface area contributed by atoms with Gasteiger partial charge in [-0.15, -0.1) is 5.10 Å². The van der Waals surface area contributed by atoms with Crippen LogP contribution in [0.4, 0.5) is 16.1 Å². The highest BCUT2D eigenvalue weighted by molar-refractivity contribution is 5.53. The highest BCUT2D eigenvalue weighted by atomic mass is 19.1. The molecule has 0 radical (unpaired) electrons. The van der Waals surface area contributed by atoms with Crippen molar-refractivity contribution in [2.75, 3.05) is 5.32 Å². The van der Waals surface area contributed by atoms with Gasteiger partial charge >= 0.3 is 6.01 Å². The Bertz CT molecular complexity index is 560. The molecule has 1 fully saturated rings. The van der Waals surface area contributed by atoms with Gasteiger partial charge in [0.1, 0.15) is 5.82 Å². The van der Waals surface area contributed by atoms with Crippen LogP contribution in [0.25, 0.3) is 0 Å². The smallest absolute Gasteiger partial charge is 0.320 e. The molecule has 1 aliphatic rings. The van der Waals surface area contributed by atoms with Gasteiger partial charge in [-0.2, -0.15) is 0 Å². The maximum absolute atomic E-state index is 13.2. The van der Waals surface area contributed by atoms with Crippen molar-refractivity contribution < 1.29 is 8.81 Å². The van der Waals surface area contributed by atoms with Crippen LogP contribution in [0.2, 0.25) is 0 Å². The predicted molar refractivity (Wildman–Crippen MR) is 68.6 cm³/mol. The lowest BCUT2D eigenvalue weighted by molar-refractivity contribution is 0.478. The van der Waals surface area contributed by atoms with Gasteiger partial charge in [-0.1, -0.05) is 5.10 Å². The summed E-state index contributed by atoms with van der Waals surface area (Å²) in [5, 5.41) is 14.0. The molecule has 1 aromatic carbocycles. The monoisotopic (exact) mass is 262 g/mol. The minimum Gasteiger partial charge on any atom is -0.406 e. The highest BCUT2D eigenvalue weighted by Crippen LogP contribution is 2.20. The van der Waals surface area contributed by atoms with Crippen LogP contribution in [0.5, 0.6) is 0 Å². The fourth-order valence-electron chi connectivity index (χ4n) is 1.83. The Hall–Kier alpha value is -1.95. The van der Waals surface area contributed by atoms with Crippen molar-refractivity contribution in [2.45, 2.75) is 32.4 Å². The summed E-state index contributed by atoms with van der Waals surface area (Å²) in [6.45, 7) is 2.40. The molecule has 19 heavy (non-hydrogen) atoms. The van der Waals surface area contributed by atoms with Gasteiger partial charge in [-0.05, 0) is 43.5 Å². The third-order valence-corrected chi connectivity index (χ3v) is 2.88. The van der Waals surface area contributed by atoms with Crippen LogP contribution < -0.4 is 10.6 Å². The molecule has 2 aromatic rings. The summed E-state index contributed by atoms with van der Waals surface area (Å²) in [5.41, 5.74) is 1.43. The number of hydrogen-bond donors (Lipinski definition) is 2. The maximum atomic E-state index is 13.2. The number of nitrogens with one attached hydrogen (secondary N) is 2. The molecule has 1 aromatic heterocycles. The second kappa shape index (κ2) is 4.97. The van der Waals surface area contributed by atoms with E-state index in [1.165, 1.54) is 25.0 Å². The van der Waals surface area contributed by atoms with E-state index >= 15 is 0 Å². The van der Waals surface area contributed by atoms with Crippen molar-refractivity contribution >= 4 is 11.7 Å². The maximum Gasteiger partial charge on any atom is 0.320 e. The lowest BCUT2D eigenvalue weighted by Crippen LogP contribution is -2.15. The summed E-state index contributed by atoms with van der Waals surface area (Å²) >= 11 is 0. The van der Waals surface area contributed by atoms with Crippen molar-refractivity contribution in [1.82, 2.24) is 15.5 Å². The molecule has 6 heteroatoms. The molecule has 0 unspecified atom stereocenters. The SMILES string of the molecule is Cc1cc(F)cc(Nc2nnc(CNC3CC3)o2)c1. The molecular formula is C13H15FN4O. The fraction of sp³-hybridized carbons (Fsp3) is 0.385. The van der Waals surface area contributed by atoms with Crippen LogP contribution in [0.15, 0.2) is 22.6 Å². The van der Waals surface area contributed by atoms with E-state index in [2.05, 4.69) is 20.8 Å². The average Bonchev–Trinajstić information content (AvgIpc) is 3.06. The Morgan fingerprint density at radius 1 is 1.32 bits per heavy atom. The topological polar surface area (TPSA) is 63.0 Å². The van der Waals surface area contributed by atoms with E-state index in [1.54, 1.807) is 0 Å². The molecule has 1 heterocycles. The molecule has 1 aliphatic carbocycles. The lowest BCUT2D eigenvalue weighted by Gasteiger charge is -2.02. The summed E-state index contributed by atoms with van der Waals surface area (Å²) < 4.78 is 18.7. The second-order valence-corrected chi connectivity index (χ2v) is 4.80. The first kappa shape index (κ1) is 12.1. The van der Waals surface area contributed by atoms with Crippen LogP contribution in [0, 0.1) is 12.7 Å². The van der Waals surface area contributed by atoms with Gasteiger partial charge < -0.3 is 15.1 Å². The fourth-order valence-corrected chi connectivity index (χ4v) is 1.83. The Balaban J connectivity index is 1.65. The molecule has 100 valence electrons. The molecular weight excluding hydrogens is 247 g/mol. The number of aromatic nitrogens is 2. The summed E-state index contributed by atoms with van der Waals surface area (Å²) in [5.74, 6) is 0.236. The largest absolute Gasteiger partial charge is 0.406 e. The van der Waals surface area contributed by atoms with Gasteiger partial charge in [-0.25, -0.2) is 4.39 Å². The zero-order valence-corrected chi connectivity index (χ0v) is 10.6. The minimum atomic E-state index is -0.294. The Morgan fingerprint density at radius 3 is 2.89 bits per heavy atom. The summed E-state index contributed by atoms with van der Waals surface area (Å²) in [6.07, 6.45) is 2.42. The van der Waals surface area contributed by atoms with Crippen LogP contribution in [-0.2, 0) is 6.54 Å². The van der Waals surface area contributed by atoms with E-state index < -0.39 is 0 Å². The van der Waals surface area contributed by atoms with Crippen LogP contribution >= 0.6 is 0 Å². The first-order valence-electron chi connectivity index (χ1n) is 6.29. The number of aryl methyl sites for hydroxylation is 1. The normalized spacial score (nSPS) is 14.6. The molecule has 0 aliphatic heterocycles. The number of benzene rings is 1. The van der Waals surface area contributed by atoms with Gasteiger partial charge in [0, 0.05) is 11.7 Å². The Morgan fingerprint density at radius 2 is 2.16 bits per heavy atom. The van der Waals surface area contributed by atoms with Crippen molar-refractivity contribution in [3.63, 3.8) is 0 Å². The third kappa shape index (κ3) is 3.29. The molecule has 0 bridgehead atoms. The zero-order valence-electron chi connectivity index (χ0n) is 10.6. The van der Waals surface area contributed by atoms with Crippen molar-refractivity contribution in [3.8, 4) is 0 Å². The molecule has 3 rings (SSSR count). The summed E-state index contributed by atoms with van der Waals surface area (Å²) in [4.78, 5) is 0. The van der Waals surface area contributed by atoms with E-state index in [0.717, 1.165) is 5.56 Å². The van der Waals surface area contributed by atoms with Crippen LogP contribution in [-0.4, -0.2) is 16.2 Å². The molecule has 0 atom stereocenters. The zero-order chi connectivity index (χ0) is 13.2. The lowest BCUT2D eigenvalue weighted by atomic mass is 10.2. The first-order chi connectivity index (χ1) is 9.19. The second-order valence-electron chi connectivity index (χ2n) is 4.80. The standard InChI is InChI=1S/C13H15FN4O/c1-8-4-9(14)6-11(5-8)16-13-18-17-12(19-13)7-15-10-2-3-10/h4-6,10,15H,2-3,7H2,1H3,(H,16,18). The molecule has 1 saturated carbocycles. The van der Waals surface area contributed by atoms with E-state index in [1.807, 2.05) is 13.0 Å². The minimum absolute atomic E-state index is 0.276. The van der Waals surface area contributed by atoms with E-state index in [9.17, 15) is 4.39 Å². The van der Waals surface area contributed by atoms with Crippen molar-refractivity contribution in [3.05, 3.63) is 35.5 Å². The molecule has 0 saturated heterocycles. The molecule has 2 N–H and O–H groups in total. The van der Waals surface area contributed by atoms with Crippen molar-refractivity contribution in [2.24, 2.45) is 0 Å². The van der Waals surface area contributed by atoms with E-state index in [0.29, 0.717) is 24.2 Å². The first-order valence-corrected chi connectivity index (χ1v) is 6.29. The number of halogens is 1. The Labute approximate surface area is 110 Å². The molecule has 0 amide bonds. The van der Waals surface area contributed by atoms with Gasteiger partial charge in [-0.3, -0.25) is 0 Å². The average molecular weight is 262 g/mol. The van der Waals surface area contributed by atoms with Gasteiger partial charge in [0.2, 0.25) is 5.89 Å². The van der Waals surface area contributed by atoms with Gasteiger partial charge in [0.05, 0.1) is 6.54 Å². The number of nitrogens with zero attached hydrogens (tertiary/aromatic N) is 2.